The van der Waals surface area contributed by atoms with Crippen molar-refractivity contribution in [3.63, 3.8) is 0 Å². The number of hydrogen-bond acceptors (Lipinski definition) is 3. The number of aryl methyl sites for hydroxylation is 1. The molecule has 0 aliphatic rings. The van der Waals surface area contributed by atoms with Crippen LogP contribution in [-0.4, -0.2) is 30.8 Å². The minimum atomic E-state index is -0.238. The van der Waals surface area contributed by atoms with E-state index in [1.165, 1.54) is 16.8 Å². The Kier molecular flexibility index (Phi) is 6.32. The number of benzene rings is 1. The smallest absolute Gasteiger partial charge is 0.0528 e. The van der Waals surface area contributed by atoms with E-state index in [1.54, 1.807) is 0 Å². The van der Waals surface area contributed by atoms with E-state index in [9.17, 15) is 5.11 Å². The van der Waals surface area contributed by atoms with Gasteiger partial charge in [0.15, 0.2) is 0 Å². The zero-order valence-corrected chi connectivity index (χ0v) is 12.9. The Labute approximate surface area is 117 Å². The first kappa shape index (κ1) is 16.0. The highest BCUT2D eigenvalue weighted by Crippen LogP contribution is 2.18. The van der Waals surface area contributed by atoms with Gasteiger partial charge in [-0.15, -0.1) is 0 Å². The van der Waals surface area contributed by atoms with Crippen LogP contribution in [0.3, 0.4) is 0 Å². The van der Waals surface area contributed by atoms with Gasteiger partial charge in [-0.05, 0) is 43.5 Å². The predicted octanol–water partition coefficient (Wildman–Crippen LogP) is 2.70. The van der Waals surface area contributed by atoms with E-state index < -0.39 is 0 Å². The third kappa shape index (κ3) is 5.62. The zero-order chi connectivity index (χ0) is 14.4. The lowest BCUT2D eigenvalue weighted by molar-refractivity contribution is 0.187. The summed E-state index contributed by atoms with van der Waals surface area (Å²) in [6.45, 7) is 10.1. The van der Waals surface area contributed by atoms with Crippen molar-refractivity contribution >= 4 is 5.69 Å². The van der Waals surface area contributed by atoms with Crippen molar-refractivity contribution in [3.8, 4) is 0 Å². The fourth-order valence-electron chi connectivity index (χ4n) is 1.94. The highest BCUT2D eigenvalue weighted by atomic mass is 16.3. The first-order chi connectivity index (χ1) is 8.90. The first-order valence-electron chi connectivity index (χ1n) is 7.12. The van der Waals surface area contributed by atoms with E-state index >= 15 is 0 Å². The van der Waals surface area contributed by atoms with Crippen molar-refractivity contribution in [1.29, 1.82) is 0 Å². The number of anilines is 1. The van der Waals surface area contributed by atoms with Crippen LogP contribution in [-0.2, 0) is 6.54 Å². The van der Waals surface area contributed by atoms with E-state index in [1.807, 2.05) is 6.92 Å². The fraction of sp³-hybridized carbons (Fsp3) is 0.625. The summed E-state index contributed by atoms with van der Waals surface area (Å²) in [4.78, 5) is 2.19. The summed E-state index contributed by atoms with van der Waals surface area (Å²) < 4.78 is 0. The minimum absolute atomic E-state index is 0.238. The van der Waals surface area contributed by atoms with E-state index in [-0.39, 0.29) is 6.10 Å². The number of nitrogens with zero attached hydrogens (tertiary/aromatic N) is 1. The molecule has 0 radical (unpaired) electrons. The van der Waals surface area contributed by atoms with E-state index in [0.29, 0.717) is 6.04 Å². The van der Waals surface area contributed by atoms with E-state index in [4.69, 9.17) is 0 Å². The standard InChI is InChI=1S/C16H28N2O/c1-12(2)17-11-15-6-7-16(10-13(15)3)18(5)9-8-14(4)19/h6-7,10,12,14,17,19H,8-9,11H2,1-5H3. The molecule has 108 valence electrons. The second-order valence-corrected chi connectivity index (χ2v) is 5.71. The fourth-order valence-corrected chi connectivity index (χ4v) is 1.94. The summed E-state index contributed by atoms with van der Waals surface area (Å²) in [5.41, 5.74) is 3.88. The molecule has 0 aliphatic heterocycles. The lowest BCUT2D eigenvalue weighted by atomic mass is 10.1. The quantitative estimate of drug-likeness (QED) is 0.795. The van der Waals surface area contributed by atoms with Gasteiger partial charge in [0.2, 0.25) is 0 Å². The Morgan fingerprint density at radius 2 is 1.95 bits per heavy atom. The molecule has 3 nitrogen and oxygen atoms in total. The molecule has 1 atom stereocenters. The van der Waals surface area contributed by atoms with Crippen molar-refractivity contribution < 1.29 is 5.11 Å². The summed E-state index contributed by atoms with van der Waals surface area (Å²) in [5, 5.41) is 12.8. The molecule has 0 heterocycles. The number of hydrogen-bond donors (Lipinski definition) is 2. The summed E-state index contributed by atoms with van der Waals surface area (Å²) in [7, 11) is 2.07. The molecule has 0 saturated carbocycles. The van der Waals surface area contributed by atoms with Gasteiger partial charge in [0.1, 0.15) is 0 Å². The highest BCUT2D eigenvalue weighted by molar-refractivity contribution is 5.50. The van der Waals surface area contributed by atoms with Gasteiger partial charge in [-0.1, -0.05) is 19.9 Å². The van der Waals surface area contributed by atoms with Crippen LogP contribution in [0.5, 0.6) is 0 Å². The largest absolute Gasteiger partial charge is 0.393 e. The molecule has 1 aromatic carbocycles. The van der Waals surface area contributed by atoms with Gasteiger partial charge in [-0.3, -0.25) is 0 Å². The lowest BCUT2D eigenvalue weighted by Gasteiger charge is -2.21. The van der Waals surface area contributed by atoms with Gasteiger partial charge in [-0.25, -0.2) is 0 Å². The Morgan fingerprint density at radius 1 is 1.26 bits per heavy atom. The first-order valence-corrected chi connectivity index (χ1v) is 7.12. The van der Waals surface area contributed by atoms with E-state index in [0.717, 1.165) is 19.5 Å². The Balaban J connectivity index is 2.65. The Hall–Kier alpha value is -1.06. The van der Waals surface area contributed by atoms with Crippen LogP contribution in [0.15, 0.2) is 18.2 Å². The van der Waals surface area contributed by atoms with Gasteiger partial charge in [0.25, 0.3) is 0 Å². The van der Waals surface area contributed by atoms with Crippen molar-refractivity contribution in [2.75, 3.05) is 18.5 Å². The van der Waals surface area contributed by atoms with Gasteiger partial charge >= 0.3 is 0 Å². The molecule has 2 N–H and O–H groups in total. The van der Waals surface area contributed by atoms with Crippen molar-refractivity contribution in [2.45, 2.75) is 52.8 Å². The molecule has 0 aromatic heterocycles. The number of aliphatic hydroxyl groups is 1. The summed E-state index contributed by atoms with van der Waals surface area (Å²) in [6.07, 6.45) is 0.560. The monoisotopic (exact) mass is 264 g/mol. The topological polar surface area (TPSA) is 35.5 Å². The minimum Gasteiger partial charge on any atom is -0.393 e. The SMILES string of the molecule is Cc1cc(N(C)CCC(C)O)ccc1CNC(C)C. The number of nitrogens with one attached hydrogen (secondary N) is 1. The molecule has 0 amide bonds. The third-order valence-electron chi connectivity index (χ3n) is 3.35. The molecule has 1 aromatic rings. The second kappa shape index (κ2) is 7.51. The normalized spacial score (nSPS) is 12.8. The van der Waals surface area contributed by atoms with Crippen molar-refractivity contribution in [3.05, 3.63) is 29.3 Å². The average molecular weight is 264 g/mol. The molecule has 0 bridgehead atoms. The molecule has 1 unspecified atom stereocenters. The van der Waals surface area contributed by atoms with Crippen LogP contribution in [0.2, 0.25) is 0 Å². The highest BCUT2D eigenvalue weighted by Gasteiger charge is 2.06. The molecule has 3 heteroatoms. The van der Waals surface area contributed by atoms with Crippen LogP contribution >= 0.6 is 0 Å². The molecular weight excluding hydrogens is 236 g/mol. The summed E-state index contributed by atoms with van der Waals surface area (Å²) >= 11 is 0. The second-order valence-electron chi connectivity index (χ2n) is 5.71. The maximum absolute atomic E-state index is 9.33. The summed E-state index contributed by atoms with van der Waals surface area (Å²) in [6, 6.07) is 7.08. The van der Waals surface area contributed by atoms with Gasteiger partial charge in [-0.2, -0.15) is 0 Å². The van der Waals surface area contributed by atoms with Crippen LogP contribution in [0.4, 0.5) is 5.69 Å². The number of aliphatic hydroxyl groups excluding tert-OH is 1. The van der Waals surface area contributed by atoms with Gasteiger partial charge in [0.05, 0.1) is 6.10 Å². The Bertz CT molecular complexity index is 388. The lowest BCUT2D eigenvalue weighted by Crippen LogP contribution is -2.23. The average Bonchev–Trinajstić information content (AvgIpc) is 2.34. The van der Waals surface area contributed by atoms with Crippen molar-refractivity contribution in [1.82, 2.24) is 5.32 Å². The van der Waals surface area contributed by atoms with E-state index in [2.05, 4.69) is 56.2 Å². The summed E-state index contributed by atoms with van der Waals surface area (Å²) in [5.74, 6) is 0. The third-order valence-corrected chi connectivity index (χ3v) is 3.35. The van der Waals surface area contributed by atoms with Gasteiger partial charge in [0, 0.05) is 31.9 Å². The van der Waals surface area contributed by atoms with Crippen LogP contribution in [0.25, 0.3) is 0 Å². The predicted molar refractivity (Wildman–Crippen MR) is 82.7 cm³/mol. The zero-order valence-electron chi connectivity index (χ0n) is 12.9. The molecule has 0 aliphatic carbocycles. The Morgan fingerprint density at radius 3 is 2.47 bits per heavy atom. The van der Waals surface area contributed by atoms with Crippen LogP contribution in [0, 0.1) is 6.92 Å². The molecule has 0 fully saturated rings. The molecule has 1 rings (SSSR count). The molecular formula is C16H28N2O. The van der Waals surface area contributed by atoms with Gasteiger partial charge < -0.3 is 15.3 Å². The van der Waals surface area contributed by atoms with Crippen LogP contribution < -0.4 is 10.2 Å². The maximum atomic E-state index is 9.33. The molecule has 19 heavy (non-hydrogen) atoms. The maximum Gasteiger partial charge on any atom is 0.0528 e. The number of rotatable bonds is 7. The van der Waals surface area contributed by atoms with Crippen molar-refractivity contribution in [2.24, 2.45) is 0 Å². The molecule has 0 saturated heterocycles. The molecule has 0 spiro atoms. The van der Waals surface area contributed by atoms with Crippen LogP contribution in [0.1, 0.15) is 38.3 Å².